The minimum absolute atomic E-state index is 0.809. The van der Waals surface area contributed by atoms with Crippen molar-refractivity contribution in [2.24, 2.45) is 0 Å². The lowest BCUT2D eigenvalue weighted by molar-refractivity contribution is 0.242. The number of methoxy groups -OCH3 is 1. The summed E-state index contributed by atoms with van der Waals surface area (Å²) in [6, 6.07) is 10.1. The maximum atomic E-state index is 5.27. The highest BCUT2D eigenvalue weighted by atomic mass is 16.5. The van der Waals surface area contributed by atoms with Gasteiger partial charge in [-0.25, -0.2) is 0 Å². The molecule has 29 heavy (non-hydrogen) atoms. The van der Waals surface area contributed by atoms with Crippen molar-refractivity contribution >= 4 is 11.3 Å². The molecule has 0 aliphatic carbocycles. The summed E-state index contributed by atoms with van der Waals surface area (Å²) in [5.41, 5.74) is 3.85. The van der Waals surface area contributed by atoms with Gasteiger partial charge in [0, 0.05) is 31.7 Å². The van der Waals surface area contributed by atoms with Gasteiger partial charge in [0.1, 0.15) is 12.1 Å². The van der Waals surface area contributed by atoms with Crippen LogP contribution in [-0.4, -0.2) is 90.1 Å². The summed E-state index contributed by atoms with van der Waals surface area (Å²) in [5.74, 6) is 0.838. The Morgan fingerprint density at radius 3 is 2.52 bits per heavy atom. The summed E-state index contributed by atoms with van der Waals surface area (Å²) in [7, 11) is 5.94. The molecule has 3 aromatic rings. The number of ether oxygens (including phenoxy) is 1. The second kappa shape index (κ2) is 8.75. The molecule has 4 rings (SSSR count). The first-order chi connectivity index (χ1) is 14.1. The third-order valence-corrected chi connectivity index (χ3v) is 5.43. The zero-order valence-electron chi connectivity index (χ0n) is 17.5. The van der Waals surface area contributed by atoms with E-state index in [-0.39, 0.29) is 0 Å². The number of anilines is 1. The molecular weight excluding hydrogens is 366 g/mol. The van der Waals surface area contributed by atoms with E-state index in [2.05, 4.69) is 45.1 Å². The van der Waals surface area contributed by atoms with Gasteiger partial charge in [0.2, 0.25) is 5.65 Å². The predicted octanol–water partition coefficient (Wildman–Crippen LogP) is 1.87. The van der Waals surface area contributed by atoms with Crippen molar-refractivity contribution in [2.45, 2.75) is 6.42 Å². The molecule has 0 unspecified atom stereocenters. The van der Waals surface area contributed by atoms with Crippen LogP contribution < -0.4 is 9.64 Å². The number of hydrogen-bond acceptors (Lipinski definition) is 7. The van der Waals surface area contributed by atoms with Gasteiger partial charge in [0.05, 0.1) is 18.5 Å². The zero-order chi connectivity index (χ0) is 20.2. The van der Waals surface area contributed by atoms with Gasteiger partial charge >= 0.3 is 0 Å². The highest BCUT2D eigenvalue weighted by molar-refractivity contribution is 5.74. The third-order valence-electron chi connectivity index (χ3n) is 5.43. The summed E-state index contributed by atoms with van der Waals surface area (Å²) >= 11 is 0. The molecule has 2 aromatic heterocycles. The second-order valence-corrected chi connectivity index (χ2v) is 7.73. The molecule has 154 valence electrons. The normalized spacial score (nSPS) is 15.4. The number of aromatic nitrogens is 4. The Morgan fingerprint density at radius 2 is 1.83 bits per heavy atom. The molecule has 1 aliphatic heterocycles. The molecular formula is C21H29N7O. The summed E-state index contributed by atoms with van der Waals surface area (Å²) in [5, 5.41) is 13.1. The number of benzene rings is 1. The van der Waals surface area contributed by atoms with Crippen LogP contribution in [0.1, 0.15) is 6.42 Å². The second-order valence-electron chi connectivity index (χ2n) is 7.73. The largest absolute Gasteiger partial charge is 0.497 e. The zero-order valence-corrected chi connectivity index (χ0v) is 17.5. The number of fused-ring (bicyclic) bond motifs is 1. The molecule has 0 N–H and O–H groups in total. The minimum Gasteiger partial charge on any atom is -0.497 e. The standard InChI is InChI=1S/C21H29N7O/c1-25(2)9-4-10-26-11-13-27(14-12-26)20-15-19(24-28-16-22-23-21(20)28)17-5-7-18(29-3)8-6-17/h5-8,15-16H,4,9-14H2,1-3H3. The van der Waals surface area contributed by atoms with Crippen LogP contribution in [0.2, 0.25) is 0 Å². The summed E-state index contributed by atoms with van der Waals surface area (Å²) in [6.07, 6.45) is 2.88. The molecule has 8 nitrogen and oxygen atoms in total. The fourth-order valence-electron chi connectivity index (χ4n) is 3.77. The Kier molecular flexibility index (Phi) is 5.92. The van der Waals surface area contributed by atoms with E-state index in [0.29, 0.717) is 0 Å². The smallest absolute Gasteiger partial charge is 0.200 e. The van der Waals surface area contributed by atoms with Crippen LogP contribution in [0.3, 0.4) is 0 Å². The van der Waals surface area contributed by atoms with E-state index < -0.39 is 0 Å². The fourth-order valence-corrected chi connectivity index (χ4v) is 3.77. The van der Waals surface area contributed by atoms with Gasteiger partial charge in [0.15, 0.2) is 0 Å². The molecule has 0 amide bonds. The van der Waals surface area contributed by atoms with Crippen molar-refractivity contribution in [2.75, 3.05) is 65.4 Å². The molecule has 8 heteroatoms. The van der Waals surface area contributed by atoms with Gasteiger partial charge in [0.25, 0.3) is 0 Å². The van der Waals surface area contributed by atoms with E-state index >= 15 is 0 Å². The van der Waals surface area contributed by atoms with Crippen LogP contribution in [0, 0.1) is 0 Å². The van der Waals surface area contributed by atoms with E-state index in [1.807, 2.05) is 24.3 Å². The number of rotatable bonds is 7. The maximum Gasteiger partial charge on any atom is 0.200 e. The maximum absolute atomic E-state index is 5.27. The van der Waals surface area contributed by atoms with Crippen molar-refractivity contribution in [3.8, 4) is 17.0 Å². The van der Waals surface area contributed by atoms with Gasteiger partial charge in [-0.15, -0.1) is 10.2 Å². The predicted molar refractivity (Wildman–Crippen MR) is 115 cm³/mol. The number of hydrogen-bond donors (Lipinski definition) is 0. The Labute approximate surface area is 171 Å². The van der Waals surface area contributed by atoms with Crippen molar-refractivity contribution in [1.29, 1.82) is 0 Å². The molecule has 3 heterocycles. The topological polar surface area (TPSA) is 62.0 Å². The average molecular weight is 396 g/mol. The van der Waals surface area contributed by atoms with E-state index in [0.717, 1.165) is 67.6 Å². The van der Waals surface area contributed by atoms with Gasteiger partial charge in [-0.2, -0.15) is 9.61 Å². The highest BCUT2D eigenvalue weighted by Crippen LogP contribution is 2.28. The van der Waals surface area contributed by atoms with E-state index in [4.69, 9.17) is 9.84 Å². The fraction of sp³-hybridized carbons (Fsp3) is 0.476. The van der Waals surface area contributed by atoms with Crippen LogP contribution in [0.4, 0.5) is 5.69 Å². The Balaban J connectivity index is 1.52. The Hall–Kier alpha value is -2.71. The van der Waals surface area contributed by atoms with E-state index in [9.17, 15) is 0 Å². The first-order valence-corrected chi connectivity index (χ1v) is 10.1. The Bertz CT molecular complexity index is 930. The van der Waals surface area contributed by atoms with Crippen LogP contribution in [0.5, 0.6) is 5.75 Å². The molecule has 1 aliphatic rings. The Morgan fingerprint density at radius 1 is 1.07 bits per heavy atom. The van der Waals surface area contributed by atoms with Crippen molar-refractivity contribution in [1.82, 2.24) is 29.6 Å². The summed E-state index contributed by atoms with van der Waals surface area (Å²) in [4.78, 5) is 7.20. The van der Waals surface area contributed by atoms with Gasteiger partial charge in [-0.1, -0.05) is 0 Å². The molecule has 0 radical (unpaired) electrons. The first kappa shape index (κ1) is 19.6. The van der Waals surface area contributed by atoms with Crippen LogP contribution in [0.25, 0.3) is 16.9 Å². The van der Waals surface area contributed by atoms with Crippen LogP contribution >= 0.6 is 0 Å². The van der Waals surface area contributed by atoms with E-state index in [1.54, 1.807) is 18.0 Å². The van der Waals surface area contributed by atoms with Gasteiger partial charge < -0.3 is 14.5 Å². The first-order valence-electron chi connectivity index (χ1n) is 10.1. The quantitative estimate of drug-likeness (QED) is 0.605. The average Bonchev–Trinajstić information content (AvgIpc) is 3.22. The van der Waals surface area contributed by atoms with Gasteiger partial charge in [-0.05, 0) is 63.9 Å². The lowest BCUT2D eigenvalue weighted by Crippen LogP contribution is -2.47. The summed E-state index contributed by atoms with van der Waals surface area (Å²) in [6.45, 7) is 6.38. The molecule has 0 spiro atoms. The van der Waals surface area contributed by atoms with Crippen molar-refractivity contribution in [3.05, 3.63) is 36.7 Å². The molecule has 0 atom stereocenters. The van der Waals surface area contributed by atoms with Crippen molar-refractivity contribution < 1.29 is 4.74 Å². The van der Waals surface area contributed by atoms with Gasteiger partial charge in [-0.3, -0.25) is 4.90 Å². The molecule has 1 fully saturated rings. The van der Waals surface area contributed by atoms with Crippen LogP contribution in [0.15, 0.2) is 36.7 Å². The number of nitrogens with zero attached hydrogens (tertiary/aromatic N) is 7. The molecule has 0 saturated carbocycles. The highest BCUT2D eigenvalue weighted by Gasteiger charge is 2.21. The summed E-state index contributed by atoms with van der Waals surface area (Å²) < 4.78 is 7.05. The molecule has 1 saturated heterocycles. The monoisotopic (exact) mass is 395 g/mol. The lowest BCUT2D eigenvalue weighted by atomic mass is 10.1. The lowest BCUT2D eigenvalue weighted by Gasteiger charge is -2.36. The molecule has 0 bridgehead atoms. The SMILES string of the molecule is COc1ccc(-c2cc(N3CCN(CCCN(C)C)CC3)c3nncn3n2)cc1. The van der Waals surface area contributed by atoms with Crippen LogP contribution in [-0.2, 0) is 0 Å². The third kappa shape index (κ3) is 4.49. The minimum atomic E-state index is 0.809. The number of piperazine rings is 1. The molecule has 1 aromatic carbocycles. The van der Waals surface area contributed by atoms with Crippen molar-refractivity contribution in [3.63, 3.8) is 0 Å². The van der Waals surface area contributed by atoms with E-state index in [1.165, 1.54) is 6.42 Å².